The van der Waals surface area contributed by atoms with Crippen LogP contribution in [0.5, 0.6) is 0 Å². The number of nitrogens with zero attached hydrogens (tertiary/aromatic N) is 2. The molecule has 0 saturated carbocycles. The van der Waals surface area contributed by atoms with Gasteiger partial charge in [-0.2, -0.15) is 5.10 Å². The summed E-state index contributed by atoms with van der Waals surface area (Å²) < 4.78 is 6.94. The van der Waals surface area contributed by atoms with Crippen molar-refractivity contribution in [3.8, 4) is 0 Å². The summed E-state index contributed by atoms with van der Waals surface area (Å²) in [5.74, 6) is 0.0151. The van der Waals surface area contributed by atoms with Crippen molar-refractivity contribution in [1.82, 2.24) is 9.78 Å². The fourth-order valence-corrected chi connectivity index (χ4v) is 2.38. The van der Waals surface area contributed by atoms with Gasteiger partial charge in [0.05, 0.1) is 30.2 Å². The van der Waals surface area contributed by atoms with Gasteiger partial charge in [0.25, 0.3) is 0 Å². The van der Waals surface area contributed by atoms with Gasteiger partial charge in [0.2, 0.25) is 5.91 Å². The molecule has 1 amide bonds. The molecule has 2 rings (SSSR count). The van der Waals surface area contributed by atoms with E-state index in [9.17, 15) is 4.79 Å². The number of nitrogens with one attached hydrogen (secondary N) is 1. The van der Waals surface area contributed by atoms with Crippen LogP contribution in [0.15, 0.2) is 30.3 Å². The Bertz CT molecular complexity index is 620. The zero-order chi connectivity index (χ0) is 15.9. The Balaban J connectivity index is 1.95. The lowest BCUT2D eigenvalue weighted by Gasteiger charge is -2.07. The maximum absolute atomic E-state index is 12.1. The minimum Gasteiger partial charge on any atom is -0.383 e. The van der Waals surface area contributed by atoms with Gasteiger partial charge in [0.15, 0.2) is 0 Å². The number of ether oxygens (including phenoxy) is 1. The maximum Gasteiger partial charge on any atom is 0.224 e. The van der Waals surface area contributed by atoms with Gasteiger partial charge < -0.3 is 10.1 Å². The summed E-state index contributed by atoms with van der Waals surface area (Å²) in [7, 11) is 1.66. The van der Waals surface area contributed by atoms with Crippen molar-refractivity contribution in [3.63, 3.8) is 0 Å². The normalized spacial score (nSPS) is 10.7. The first kappa shape index (κ1) is 16.2. The van der Waals surface area contributed by atoms with E-state index in [1.807, 2.05) is 48.9 Å². The van der Waals surface area contributed by atoms with Crippen LogP contribution in [0.3, 0.4) is 0 Å². The summed E-state index contributed by atoms with van der Waals surface area (Å²) in [4.78, 5) is 12.1. The number of rotatable bonds is 7. The van der Waals surface area contributed by atoms with Gasteiger partial charge in [0, 0.05) is 13.5 Å². The quantitative estimate of drug-likeness (QED) is 0.855. The largest absolute Gasteiger partial charge is 0.383 e. The SMILES string of the molecule is COCCn1nc(C)c(NC(=O)CCc2ccccc2)c1C. The molecule has 118 valence electrons. The molecule has 0 unspecified atom stereocenters. The third-order valence-corrected chi connectivity index (χ3v) is 3.64. The van der Waals surface area contributed by atoms with E-state index in [-0.39, 0.29) is 5.91 Å². The zero-order valence-electron chi connectivity index (χ0n) is 13.4. The van der Waals surface area contributed by atoms with Gasteiger partial charge in [-0.1, -0.05) is 30.3 Å². The van der Waals surface area contributed by atoms with E-state index in [0.29, 0.717) is 19.6 Å². The molecular weight excluding hydrogens is 278 g/mol. The van der Waals surface area contributed by atoms with Gasteiger partial charge >= 0.3 is 0 Å². The molecule has 0 aliphatic carbocycles. The number of hydrogen-bond acceptors (Lipinski definition) is 3. The van der Waals surface area contributed by atoms with Crippen molar-refractivity contribution >= 4 is 11.6 Å². The number of hydrogen-bond donors (Lipinski definition) is 1. The molecule has 22 heavy (non-hydrogen) atoms. The predicted molar refractivity (Wildman–Crippen MR) is 87.0 cm³/mol. The summed E-state index contributed by atoms with van der Waals surface area (Å²) in [5, 5.41) is 7.42. The molecule has 0 aliphatic rings. The molecule has 2 aromatic rings. The molecular formula is C17H23N3O2. The number of aryl methyl sites for hydroxylation is 2. The first-order valence-corrected chi connectivity index (χ1v) is 7.48. The smallest absolute Gasteiger partial charge is 0.224 e. The molecule has 0 saturated heterocycles. The van der Waals surface area contributed by atoms with Gasteiger partial charge in [-0.3, -0.25) is 9.48 Å². The Labute approximate surface area is 131 Å². The van der Waals surface area contributed by atoms with Crippen LogP contribution < -0.4 is 5.32 Å². The average molecular weight is 301 g/mol. The number of methoxy groups -OCH3 is 1. The summed E-state index contributed by atoms with van der Waals surface area (Å²) in [6, 6.07) is 10.0. The molecule has 0 atom stereocenters. The molecule has 1 aromatic heterocycles. The minimum absolute atomic E-state index is 0.0151. The zero-order valence-corrected chi connectivity index (χ0v) is 13.4. The van der Waals surface area contributed by atoms with E-state index in [4.69, 9.17) is 4.74 Å². The fraction of sp³-hybridized carbons (Fsp3) is 0.412. The number of carbonyl (C=O) groups excluding carboxylic acids is 1. The minimum atomic E-state index is 0.0151. The summed E-state index contributed by atoms with van der Waals surface area (Å²) in [5.41, 5.74) is 3.78. The first-order chi connectivity index (χ1) is 10.6. The van der Waals surface area contributed by atoms with Crippen molar-refractivity contribution in [2.45, 2.75) is 33.2 Å². The standard InChI is InChI=1S/C17H23N3O2/c1-13-17(14(2)20(19-13)11-12-22-3)18-16(21)10-9-15-7-5-4-6-8-15/h4-8H,9-12H2,1-3H3,(H,18,21). The van der Waals surface area contributed by atoms with Crippen molar-refractivity contribution in [2.24, 2.45) is 0 Å². The van der Waals surface area contributed by atoms with Crippen LogP contribution >= 0.6 is 0 Å². The van der Waals surface area contributed by atoms with Crippen molar-refractivity contribution < 1.29 is 9.53 Å². The number of amides is 1. The Morgan fingerprint density at radius 2 is 2.00 bits per heavy atom. The maximum atomic E-state index is 12.1. The highest BCUT2D eigenvalue weighted by Crippen LogP contribution is 2.19. The van der Waals surface area contributed by atoms with E-state index in [1.165, 1.54) is 5.56 Å². The van der Waals surface area contributed by atoms with Crippen molar-refractivity contribution in [3.05, 3.63) is 47.3 Å². The lowest BCUT2D eigenvalue weighted by Crippen LogP contribution is -2.14. The topological polar surface area (TPSA) is 56.1 Å². The molecule has 1 N–H and O–H groups in total. The van der Waals surface area contributed by atoms with Gasteiger partial charge in [-0.15, -0.1) is 0 Å². The number of benzene rings is 1. The number of aromatic nitrogens is 2. The fourth-order valence-electron chi connectivity index (χ4n) is 2.38. The molecule has 0 fully saturated rings. The van der Waals surface area contributed by atoms with Crippen molar-refractivity contribution in [1.29, 1.82) is 0 Å². The molecule has 0 radical (unpaired) electrons. The van der Waals surface area contributed by atoms with E-state index >= 15 is 0 Å². The third-order valence-electron chi connectivity index (χ3n) is 3.64. The summed E-state index contributed by atoms with van der Waals surface area (Å²) in [6.45, 7) is 5.15. The van der Waals surface area contributed by atoms with Gasteiger partial charge in [-0.05, 0) is 25.8 Å². The van der Waals surface area contributed by atoms with Crippen LogP contribution in [0.4, 0.5) is 5.69 Å². The second kappa shape index (κ2) is 7.75. The monoisotopic (exact) mass is 301 g/mol. The van der Waals surface area contributed by atoms with E-state index < -0.39 is 0 Å². The summed E-state index contributed by atoms with van der Waals surface area (Å²) >= 11 is 0. The van der Waals surface area contributed by atoms with Crippen LogP contribution in [0.2, 0.25) is 0 Å². The van der Waals surface area contributed by atoms with Crippen molar-refractivity contribution in [2.75, 3.05) is 19.0 Å². The lowest BCUT2D eigenvalue weighted by atomic mass is 10.1. The van der Waals surface area contributed by atoms with Crippen LogP contribution in [0.25, 0.3) is 0 Å². The number of carbonyl (C=O) groups is 1. The van der Waals surface area contributed by atoms with Gasteiger partial charge in [-0.25, -0.2) is 0 Å². The molecule has 0 spiro atoms. The second-order valence-electron chi connectivity index (χ2n) is 5.30. The summed E-state index contributed by atoms with van der Waals surface area (Å²) in [6.07, 6.45) is 1.20. The number of anilines is 1. The predicted octanol–water partition coefficient (Wildman–Crippen LogP) is 2.72. The molecule has 1 heterocycles. The Morgan fingerprint density at radius 3 is 2.68 bits per heavy atom. The average Bonchev–Trinajstić information content (AvgIpc) is 2.79. The third kappa shape index (κ3) is 4.18. The lowest BCUT2D eigenvalue weighted by molar-refractivity contribution is -0.116. The van der Waals surface area contributed by atoms with Crippen LogP contribution in [0, 0.1) is 13.8 Å². The van der Waals surface area contributed by atoms with Crippen LogP contribution in [0.1, 0.15) is 23.4 Å². The second-order valence-corrected chi connectivity index (χ2v) is 5.30. The Kier molecular flexibility index (Phi) is 5.72. The Hall–Kier alpha value is -2.14. The van der Waals surface area contributed by atoms with Gasteiger partial charge in [0.1, 0.15) is 0 Å². The van der Waals surface area contributed by atoms with E-state index in [0.717, 1.165) is 23.5 Å². The van der Waals surface area contributed by atoms with E-state index in [1.54, 1.807) is 7.11 Å². The highest BCUT2D eigenvalue weighted by molar-refractivity contribution is 5.92. The highest BCUT2D eigenvalue weighted by atomic mass is 16.5. The molecule has 5 nitrogen and oxygen atoms in total. The highest BCUT2D eigenvalue weighted by Gasteiger charge is 2.13. The molecule has 0 aliphatic heterocycles. The van der Waals surface area contributed by atoms with Crippen LogP contribution in [-0.4, -0.2) is 29.4 Å². The molecule has 5 heteroatoms. The molecule has 1 aromatic carbocycles. The van der Waals surface area contributed by atoms with Crippen LogP contribution in [-0.2, 0) is 22.5 Å². The Morgan fingerprint density at radius 1 is 1.27 bits per heavy atom. The van der Waals surface area contributed by atoms with E-state index in [2.05, 4.69) is 10.4 Å². The molecule has 0 bridgehead atoms. The first-order valence-electron chi connectivity index (χ1n) is 7.48.